The fourth-order valence-electron chi connectivity index (χ4n) is 5.71. The highest BCUT2D eigenvalue weighted by molar-refractivity contribution is 7.99. The van der Waals surface area contributed by atoms with Crippen molar-refractivity contribution in [2.45, 2.75) is 109 Å². The first-order valence-electron chi connectivity index (χ1n) is 16.8. The Morgan fingerprint density at radius 3 is 1.94 bits per heavy atom. The van der Waals surface area contributed by atoms with E-state index in [-0.39, 0.29) is 11.5 Å². The summed E-state index contributed by atoms with van der Waals surface area (Å²) in [5, 5.41) is 12.7. The number of aliphatic carboxylic acids is 1. The number of ether oxygens (including phenoxy) is 2. The molecule has 3 amide bonds. The quantitative estimate of drug-likeness (QED) is 0.191. The number of carboxylic acids is 1. The average molecular weight is 712 g/mol. The maximum atomic E-state index is 14.7. The van der Waals surface area contributed by atoms with Crippen molar-refractivity contribution in [2.24, 2.45) is 5.92 Å². The minimum Gasteiger partial charge on any atom is -0.497 e. The summed E-state index contributed by atoms with van der Waals surface area (Å²) in [6.07, 6.45) is 0.891. The molecule has 0 radical (unpaired) electrons. The molecule has 0 aliphatic rings. The highest BCUT2D eigenvalue weighted by atomic mass is 32.2. The summed E-state index contributed by atoms with van der Waals surface area (Å²) in [5.74, 6) is -0.875. The normalized spacial score (nSPS) is 14.3. The van der Waals surface area contributed by atoms with E-state index in [0.717, 1.165) is 16.9 Å². The first kappa shape index (κ1) is 42.2. The van der Waals surface area contributed by atoms with Crippen LogP contribution in [0.2, 0.25) is 0 Å². The number of benzene rings is 2. The number of hydrogen-bond donors (Lipinski definition) is 2. The molecule has 0 unspecified atom stereocenters. The fraction of sp³-hybridized carbons (Fsp3) is 0.538. The van der Waals surface area contributed by atoms with Crippen molar-refractivity contribution >= 4 is 35.6 Å². The van der Waals surface area contributed by atoms with Gasteiger partial charge in [0.25, 0.3) is 0 Å². The van der Waals surface area contributed by atoms with Crippen LogP contribution < -0.4 is 10.1 Å². The van der Waals surface area contributed by atoms with Gasteiger partial charge in [0, 0.05) is 35.6 Å². The van der Waals surface area contributed by atoms with Crippen LogP contribution in [0.3, 0.4) is 0 Å². The zero-order valence-electron chi connectivity index (χ0n) is 32.0. The molecular weight excluding hydrogens is 655 g/mol. The topological polar surface area (TPSA) is 125 Å². The van der Waals surface area contributed by atoms with Crippen LogP contribution >= 0.6 is 11.8 Å². The highest BCUT2D eigenvalue weighted by Gasteiger charge is 2.47. The van der Waals surface area contributed by atoms with Crippen LogP contribution in [0.25, 0.3) is 0 Å². The molecule has 50 heavy (non-hydrogen) atoms. The van der Waals surface area contributed by atoms with E-state index in [1.54, 1.807) is 41.0 Å². The van der Waals surface area contributed by atoms with Gasteiger partial charge in [0.05, 0.1) is 13.2 Å². The zero-order valence-corrected chi connectivity index (χ0v) is 32.8. The predicted octanol–water partition coefficient (Wildman–Crippen LogP) is 6.92. The van der Waals surface area contributed by atoms with Crippen molar-refractivity contribution in [2.75, 3.05) is 21.2 Å². The molecule has 0 aliphatic heterocycles. The summed E-state index contributed by atoms with van der Waals surface area (Å²) in [4.78, 5) is 57.5. The largest absolute Gasteiger partial charge is 0.497 e. The van der Waals surface area contributed by atoms with Gasteiger partial charge in [0.1, 0.15) is 23.4 Å². The summed E-state index contributed by atoms with van der Waals surface area (Å²) in [6.45, 7) is 18.1. The minimum atomic E-state index is -1.09. The molecule has 2 N–H and O–H groups in total. The number of carbonyl (C=O) groups is 4. The van der Waals surface area contributed by atoms with Gasteiger partial charge in [0.15, 0.2) is 0 Å². The van der Waals surface area contributed by atoms with Crippen LogP contribution in [-0.2, 0) is 30.3 Å². The molecular formula is C39H57N3O7S. The summed E-state index contributed by atoms with van der Waals surface area (Å²) in [5.41, 5.74) is 0.206. The van der Waals surface area contributed by atoms with Gasteiger partial charge in [-0.1, -0.05) is 76.2 Å². The van der Waals surface area contributed by atoms with Gasteiger partial charge in [-0.05, 0) is 70.7 Å². The standard InChI is InChI=1S/C39H57N3O7S/c1-25(2)30(23-26(3)35(45)46)41(11)34(44)31(39(9,10)50-24-27-19-21-29(48-13)22-20-27)40-33(43)32(42(12)36(47)49-37(4,5)6)38(7,8)28-17-15-14-16-18-28/h14-23,25,30-32H,24H2,1-13H3,(H,40,43)(H,45,46)/t30-,31-,32-/m1/s1. The number of nitrogens with zero attached hydrogens (tertiary/aromatic N) is 2. The van der Waals surface area contributed by atoms with Crippen molar-refractivity contribution < 1.29 is 33.8 Å². The Labute approximate surface area is 303 Å². The Morgan fingerprint density at radius 2 is 1.46 bits per heavy atom. The molecule has 0 aromatic heterocycles. The third kappa shape index (κ3) is 11.3. The highest BCUT2D eigenvalue weighted by Crippen LogP contribution is 2.35. The number of rotatable bonds is 15. The predicted molar refractivity (Wildman–Crippen MR) is 200 cm³/mol. The number of nitrogens with one attached hydrogen (secondary N) is 1. The lowest BCUT2D eigenvalue weighted by atomic mass is 9.76. The molecule has 0 saturated heterocycles. The monoisotopic (exact) mass is 711 g/mol. The van der Waals surface area contributed by atoms with E-state index in [4.69, 9.17) is 9.47 Å². The van der Waals surface area contributed by atoms with E-state index in [1.165, 1.54) is 35.5 Å². The minimum absolute atomic E-state index is 0.112. The molecule has 0 fully saturated rings. The molecule has 276 valence electrons. The molecule has 0 spiro atoms. The van der Waals surface area contributed by atoms with Crippen molar-refractivity contribution in [1.82, 2.24) is 15.1 Å². The smallest absolute Gasteiger partial charge is 0.410 e. The number of carbonyl (C=O) groups excluding carboxylic acids is 3. The second-order valence-electron chi connectivity index (χ2n) is 15.1. The van der Waals surface area contributed by atoms with E-state index < -0.39 is 57.8 Å². The molecule has 3 atom stereocenters. The average Bonchev–Trinajstić information content (AvgIpc) is 3.03. The molecule has 2 aromatic carbocycles. The lowest BCUT2D eigenvalue weighted by Gasteiger charge is -2.43. The third-order valence-electron chi connectivity index (χ3n) is 8.75. The number of amides is 3. The van der Waals surface area contributed by atoms with Crippen LogP contribution in [0.4, 0.5) is 4.79 Å². The van der Waals surface area contributed by atoms with Crippen LogP contribution in [0, 0.1) is 5.92 Å². The molecule has 2 aromatic rings. The van der Waals surface area contributed by atoms with E-state index in [1.807, 2.05) is 96.1 Å². The van der Waals surface area contributed by atoms with Gasteiger partial charge in [0.2, 0.25) is 11.8 Å². The van der Waals surface area contributed by atoms with Crippen molar-refractivity contribution in [3.05, 3.63) is 77.4 Å². The number of methoxy groups -OCH3 is 1. The van der Waals surface area contributed by atoms with Crippen molar-refractivity contribution in [3.63, 3.8) is 0 Å². The van der Waals surface area contributed by atoms with Crippen LogP contribution in [0.5, 0.6) is 5.75 Å². The Balaban J connectivity index is 2.67. The van der Waals surface area contributed by atoms with E-state index in [2.05, 4.69) is 5.32 Å². The van der Waals surface area contributed by atoms with Crippen LogP contribution in [0.1, 0.15) is 80.4 Å². The van der Waals surface area contributed by atoms with Crippen LogP contribution in [0.15, 0.2) is 66.2 Å². The van der Waals surface area contributed by atoms with Gasteiger partial charge in [-0.3, -0.25) is 14.5 Å². The Bertz CT molecular complexity index is 1500. The number of hydrogen-bond acceptors (Lipinski definition) is 7. The van der Waals surface area contributed by atoms with Gasteiger partial charge < -0.3 is 24.8 Å². The first-order chi connectivity index (χ1) is 23.0. The summed E-state index contributed by atoms with van der Waals surface area (Å²) in [7, 11) is 4.76. The summed E-state index contributed by atoms with van der Waals surface area (Å²) >= 11 is 1.50. The second-order valence-corrected chi connectivity index (χ2v) is 16.7. The summed E-state index contributed by atoms with van der Waals surface area (Å²) in [6, 6.07) is 14.3. The molecule has 10 nitrogen and oxygen atoms in total. The van der Waals surface area contributed by atoms with E-state index in [9.17, 15) is 24.3 Å². The SMILES string of the molecule is COc1ccc(CSC(C)(C)[C@H](NC(=O)[C@@H](N(C)C(=O)OC(C)(C)C)C(C)(C)c2ccccc2)C(=O)N(C)[C@H](C=C(C)C(=O)O)C(C)C)cc1. The molecule has 0 saturated carbocycles. The van der Waals surface area contributed by atoms with Crippen molar-refractivity contribution in [1.29, 1.82) is 0 Å². The summed E-state index contributed by atoms with van der Waals surface area (Å²) < 4.78 is 10.1. The second kappa shape index (κ2) is 17.3. The van der Waals surface area contributed by atoms with Gasteiger partial charge in [-0.2, -0.15) is 0 Å². The Morgan fingerprint density at radius 1 is 0.900 bits per heavy atom. The maximum Gasteiger partial charge on any atom is 0.410 e. The van der Waals surface area contributed by atoms with E-state index >= 15 is 0 Å². The molecule has 0 aliphatic carbocycles. The van der Waals surface area contributed by atoms with Gasteiger partial charge in [-0.25, -0.2) is 9.59 Å². The molecule has 0 heterocycles. The third-order valence-corrected chi connectivity index (χ3v) is 10.2. The van der Waals surface area contributed by atoms with E-state index in [0.29, 0.717) is 5.75 Å². The zero-order chi connectivity index (χ0) is 38.2. The molecule has 11 heteroatoms. The number of thioether (sulfide) groups is 1. The number of carboxylic acid groups (broad SMARTS) is 1. The molecule has 0 bridgehead atoms. The maximum absolute atomic E-state index is 14.7. The lowest BCUT2D eigenvalue weighted by molar-refractivity contribution is -0.139. The first-order valence-corrected chi connectivity index (χ1v) is 17.8. The lowest BCUT2D eigenvalue weighted by Crippen LogP contribution is -2.64. The van der Waals surface area contributed by atoms with Gasteiger partial charge >= 0.3 is 12.1 Å². The van der Waals surface area contributed by atoms with Gasteiger partial charge in [-0.15, -0.1) is 11.8 Å². The Hall–Kier alpha value is -3.99. The van der Waals surface area contributed by atoms with Crippen LogP contribution in [-0.4, -0.2) is 88.5 Å². The Kier molecular flexibility index (Phi) is 14.6. The molecule has 2 rings (SSSR count). The fourth-order valence-corrected chi connectivity index (χ4v) is 6.77. The number of likely N-dealkylation sites (N-methyl/N-ethyl adjacent to an activating group) is 2. The van der Waals surface area contributed by atoms with Crippen molar-refractivity contribution in [3.8, 4) is 5.75 Å².